The van der Waals surface area contributed by atoms with Crippen LogP contribution in [0.15, 0.2) is 47.1 Å². The van der Waals surface area contributed by atoms with E-state index in [-0.39, 0.29) is 19.1 Å². The normalized spacial score (nSPS) is 20.7. The third-order valence-corrected chi connectivity index (χ3v) is 4.01. The third kappa shape index (κ3) is 2.77. The van der Waals surface area contributed by atoms with Crippen molar-refractivity contribution < 1.29 is 18.7 Å². The highest BCUT2D eigenvalue weighted by molar-refractivity contribution is 6.32. The maximum atomic E-state index is 12.5. The van der Waals surface area contributed by atoms with E-state index >= 15 is 0 Å². The zero-order valence-electron chi connectivity index (χ0n) is 12.4. The number of hydrogen-bond acceptors (Lipinski definition) is 4. The first kappa shape index (κ1) is 15.4. The van der Waals surface area contributed by atoms with Gasteiger partial charge in [-0.05, 0) is 31.2 Å². The highest BCUT2D eigenvalue weighted by Crippen LogP contribution is 2.29. The lowest BCUT2D eigenvalue weighted by Crippen LogP contribution is -2.41. The average Bonchev–Trinajstić information content (AvgIpc) is 3.13. The number of ether oxygens (including phenoxy) is 1. The quantitative estimate of drug-likeness (QED) is 0.853. The lowest BCUT2D eigenvalue weighted by Gasteiger charge is -2.19. The Balaban J connectivity index is 1.66. The Labute approximate surface area is 138 Å². The monoisotopic (exact) mass is 334 g/mol. The highest BCUT2D eigenvalue weighted by atomic mass is 35.5. The second-order valence-corrected chi connectivity index (χ2v) is 5.68. The van der Waals surface area contributed by atoms with Gasteiger partial charge in [-0.15, -0.1) is 0 Å². The van der Waals surface area contributed by atoms with Crippen LogP contribution >= 0.6 is 11.6 Å². The summed E-state index contributed by atoms with van der Waals surface area (Å²) in [6.07, 6.45) is 1.46. The number of nitrogens with zero attached hydrogens (tertiary/aromatic N) is 1. The van der Waals surface area contributed by atoms with Gasteiger partial charge in [-0.3, -0.25) is 9.69 Å². The molecule has 0 bridgehead atoms. The maximum Gasteiger partial charge on any atom is 0.325 e. The van der Waals surface area contributed by atoms with Crippen LogP contribution in [0.4, 0.5) is 4.79 Å². The van der Waals surface area contributed by atoms with Crippen LogP contribution in [0, 0.1) is 0 Å². The summed E-state index contributed by atoms with van der Waals surface area (Å²) in [6, 6.07) is 9.87. The standard InChI is InChI=1S/C16H15ClN2O4/c1-16(13-7-4-9-23-13)14(20)19(15(21)18-16)8-10-22-12-6-3-2-5-11(12)17/h2-7,9H,8,10H2,1H3,(H,18,21). The molecule has 0 spiro atoms. The van der Waals surface area contributed by atoms with Crippen molar-refractivity contribution in [2.24, 2.45) is 0 Å². The number of carbonyl (C=O) groups excluding carboxylic acids is 2. The van der Waals surface area contributed by atoms with Gasteiger partial charge in [0.05, 0.1) is 17.8 Å². The molecule has 3 rings (SSSR count). The molecule has 1 aromatic carbocycles. The van der Waals surface area contributed by atoms with E-state index in [1.807, 2.05) is 0 Å². The van der Waals surface area contributed by atoms with Crippen molar-refractivity contribution in [2.75, 3.05) is 13.2 Å². The number of urea groups is 1. The molecule has 120 valence electrons. The van der Waals surface area contributed by atoms with E-state index in [1.54, 1.807) is 43.3 Å². The Bertz CT molecular complexity index is 731. The number of para-hydroxylation sites is 1. The van der Waals surface area contributed by atoms with Crippen LogP contribution in [0.25, 0.3) is 0 Å². The number of imide groups is 1. The third-order valence-electron chi connectivity index (χ3n) is 3.70. The molecule has 1 atom stereocenters. The fraction of sp³-hybridized carbons (Fsp3) is 0.250. The number of hydrogen-bond donors (Lipinski definition) is 1. The molecule has 0 saturated carbocycles. The van der Waals surface area contributed by atoms with Gasteiger partial charge in [0.1, 0.15) is 18.1 Å². The van der Waals surface area contributed by atoms with Crippen LogP contribution in [-0.2, 0) is 10.3 Å². The molecule has 0 radical (unpaired) electrons. The highest BCUT2D eigenvalue weighted by Gasteiger charge is 2.50. The summed E-state index contributed by atoms with van der Waals surface area (Å²) < 4.78 is 10.8. The van der Waals surface area contributed by atoms with Gasteiger partial charge in [-0.1, -0.05) is 23.7 Å². The minimum absolute atomic E-state index is 0.117. The van der Waals surface area contributed by atoms with Crippen molar-refractivity contribution in [1.82, 2.24) is 10.2 Å². The number of nitrogens with one attached hydrogen (secondary N) is 1. The summed E-state index contributed by atoms with van der Waals surface area (Å²) in [5, 5.41) is 3.13. The molecular weight excluding hydrogens is 320 g/mol. The zero-order chi connectivity index (χ0) is 16.4. The summed E-state index contributed by atoms with van der Waals surface area (Å²) >= 11 is 5.99. The molecule has 1 N–H and O–H groups in total. The number of rotatable bonds is 5. The second-order valence-electron chi connectivity index (χ2n) is 5.27. The van der Waals surface area contributed by atoms with Gasteiger partial charge in [0.15, 0.2) is 5.54 Å². The number of benzene rings is 1. The van der Waals surface area contributed by atoms with Gasteiger partial charge in [0.25, 0.3) is 5.91 Å². The number of amides is 3. The molecule has 3 amide bonds. The van der Waals surface area contributed by atoms with Crippen LogP contribution in [-0.4, -0.2) is 30.0 Å². The molecule has 1 aromatic heterocycles. The first-order valence-corrected chi connectivity index (χ1v) is 7.45. The predicted molar refractivity (Wildman–Crippen MR) is 83.3 cm³/mol. The van der Waals surface area contributed by atoms with Gasteiger partial charge in [-0.2, -0.15) is 0 Å². The molecule has 2 aromatic rings. The van der Waals surface area contributed by atoms with Crippen LogP contribution in [0.2, 0.25) is 5.02 Å². The minimum Gasteiger partial charge on any atom is -0.490 e. The van der Waals surface area contributed by atoms with Crippen LogP contribution in [0.5, 0.6) is 5.75 Å². The fourth-order valence-electron chi connectivity index (χ4n) is 2.44. The molecule has 1 aliphatic heterocycles. The van der Waals surface area contributed by atoms with E-state index in [4.69, 9.17) is 20.8 Å². The Morgan fingerprint density at radius 2 is 2.04 bits per heavy atom. The van der Waals surface area contributed by atoms with Crippen molar-refractivity contribution in [2.45, 2.75) is 12.5 Å². The Morgan fingerprint density at radius 1 is 1.26 bits per heavy atom. The van der Waals surface area contributed by atoms with Gasteiger partial charge in [-0.25, -0.2) is 4.79 Å². The molecule has 2 heterocycles. The average molecular weight is 335 g/mol. The van der Waals surface area contributed by atoms with Gasteiger partial charge in [0.2, 0.25) is 0 Å². The Kier molecular flexibility index (Phi) is 4.00. The molecule has 1 fully saturated rings. The number of furan rings is 1. The van der Waals surface area contributed by atoms with Crippen LogP contribution in [0.3, 0.4) is 0 Å². The molecule has 1 aliphatic rings. The predicted octanol–water partition coefficient (Wildman–Crippen LogP) is 2.78. The molecule has 23 heavy (non-hydrogen) atoms. The summed E-state index contributed by atoms with van der Waals surface area (Å²) in [4.78, 5) is 25.7. The molecule has 7 heteroatoms. The van der Waals surface area contributed by atoms with Crippen molar-refractivity contribution in [1.29, 1.82) is 0 Å². The van der Waals surface area contributed by atoms with E-state index in [0.29, 0.717) is 16.5 Å². The first-order chi connectivity index (χ1) is 11.0. The minimum atomic E-state index is -1.19. The van der Waals surface area contributed by atoms with Crippen molar-refractivity contribution in [3.63, 3.8) is 0 Å². The van der Waals surface area contributed by atoms with Crippen molar-refractivity contribution >= 4 is 23.5 Å². The smallest absolute Gasteiger partial charge is 0.325 e. The topological polar surface area (TPSA) is 71.8 Å². The Hall–Kier alpha value is -2.47. The van der Waals surface area contributed by atoms with E-state index in [1.165, 1.54) is 6.26 Å². The van der Waals surface area contributed by atoms with Crippen LogP contribution < -0.4 is 10.1 Å². The Morgan fingerprint density at radius 3 is 2.74 bits per heavy atom. The van der Waals surface area contributed by atoms with Gasteiger partial charge in [0, 0.05) is 0 Å². The van der Waals surface area contributed by atoms with Crippen LogP contribution in [0.1, 0.15) is 12.7 Å². The SMILES string of the molecule is CC1(c2ccco2)NC(=O)N(CCOc2ccccc2Cl)C1=O. The van der Waals surface area contributed by atoms with E-state index < -0.39 is 11.6 Å². The molecule has 0 aliphatic carbocycles. The number of halogens is 1. The van der Waals surface area contributed by atoms with E-state index in [9.17, 15) is 9.59 Å². The molecule has 6 nitrogen and oxygen atoms in total. The van der Waals surface area contributed by atoms with Gasteiger partial charge < -0.3 is 14.5 Å². The lowest BCUT2D eigenvalue weighted by molar-refractivity contribution is -0.131. The number of carbonyl (C=O) groups is 2. The lowest BCUT2D eigenvalue weighted by atomic mass is 9.99. The summed E-state index contributed by atoms with van der Waals surface area (Å²) in [7, 11) is 0. The van der Waals surface area contributed by atoms with E-state index in [0.717, 1.165) is 4.90 Å². The fourth-order valence-corrected chi connectivity index (χ4v) is 2.63. The zero-order valence-corrected chi connectivity index (χ0v) is 13.2. The van der Waals surface area contributed by atoms with Crippen molar-refractivity contribution in [3.8, 4) is 5.75 Å². The van der Waals surface area contributed by atoms with Crippen molar-refractivity contribution in [3.05, 3.63) is 53.4 Å². The largest absolute Gasteiger partial charge is 0.490 e. The molecule has 1 saturated heterocycles. The molecule has 1 unspecified atom stereocenters. The summed E-state index contributed by atoms with van der Waals surface area (Å²) in [5.41, 5.74) is -1.19. The summed E-state index contributed by atoms with van der Waals surface area (Å²) in [6.45, 7) is 1.88. The van der Waals surface area contributed by atoms with E-state index in [2.05, 4.69) is 5.32 Å². The second kappa shape index (κ2) is 5.96. The maximum absolute atomic E-state index is 12.5. The first-order valence-electron chi connectivity index (χ1n) is 7.08. The molecular formula is C16H15ClN2O4. The summed E-state index contributed by atoms with van der Waals surface area (Å²) in [5.74, 6) is 0.528. The van der Waals surface area contributed by atoms with Gasteiger partial charge >= 0.3 is 6.03 Å².